The molecule has 0 unspecified atom stereocenters. The van der Waals surface area contributed by atoms with Gasteiger partial charge in [-0.15, -0.1) is 0 Å². The summed E-state index contributed by atoms with van der Waals surface area (Å²) >= 11 is 11.9. The first-order valence-electron chi connectivity index (χ1n) is 8.88. The van der Waals surface area contributed by atoms with Gasteiger partial charge in [-0.1, -0.05) is 59.6 Å². The van der Waals surface area contributed by atoms with Crippen LogP contribution in [0.5, 0.6) is 5.75 Å². The van der Waals surface area contributed by atoms with E-state index in [0.717, 1.165) is 11.1 Å². The van der Waals surface area contributed by atoms with Gasteiger partial charge in [0.2, 0.25) is 0 Å². The van der Waals surface area contributed by atoms with E-state index in [1.54, 1.807) is 36.4 Å². The Labute approximate surface area is 183 Å². The maximum atomic E-state index is 11.9. The van der Waals surface area contributed by atoms with Gasteiger partial charge in [-0.2, -0.15) is 5.10 Å². The van der Waals surface area contributed by atoms with Crippen molar-refractivity contribution >= 4 is 46.9 Å². The highest BCUT2D eigenvalue weighted by molar-refractivity contribution is 6.45. The summed E-state index contributed by atoms with van der Waals surface area (Å²) in [5.41, 5.74) is 4.19. The monoisotopic (exact) mass is 441 g/mol. The van der Waals surface area contributed by atoms with E-state index in [9.17, 15) is 9.59 Å². The van der Waals surface area contributed by atoms with Crippen LogP contribution < -0.4 is 15.5 Å². The fraction of sp³-hybridized carbons (Fsp3) is 0.0455. The molecule has 3 rings (SSSR count). The highest BCUT2D eigenvalue weighted by Gasteiger charge is 2.15. The largest absolute Gasteiger partial charge is 0.489 e. The van der Waals surface area contributed by atoms with Crippen LogP contribution in [0.2, 0.25) is 10.0 Å². The Morgan fingerprint density at radius 2 is 1.63 bits per heavy atom. The van der Waals surface area contributed by atoms with Crippen molar-refractivity contribution in [1.29, 1.82) is 0 Å². The van der Waals surface area contributed by atoms with Crippen LogP contribution in [-0.4, -0.2) is 18.0 Å². The molecule has 3 aromatic carbocycles. The van der Waals surface area contributed by atoms with E-state index < -0.39 is 11.8 Å². The van der Waals surface area contributed by atoms with Crippen LogP contribution in [0, 0.1) is 0 Å². The number of nitrogens with zero attached hydrogens (tertiary/aromatic N) is 1. The van der Waals surface area contributed by atoms with E-state index in [2.05, 4.69) is 15.8 Å². The zero-order chi connectivity index (χ0) is 21.3. The second kappa shape index (κ2) is 10.4. The molecule has 0 heterocycles. The van der Waals surface area contributed by atoms with Crippen molar-refractivity contribution < 1.29 is 14.3 Å². The highest BCUT2D eigenvalue weighted by Crippen LogP contribution is 2.29. The van der Waals surface area contributed by atoms with Gasteiger partial charge in [-0.05, 0) is 47.5 Å². The van der Waals surface area contributed by atoms with E-state index in [4.69, 9.17) is 27.9 Å². The van der Waals surface area contributed by atoms with Crippen LogP contribution in [0.15, 0.2) is 77.9 Å². The minimum atomic E-state index is -0.940. The quantitative estimate of drug-likeness (QED) is 0.331. The maximum Gasteiger partial charge on any atom is 0.329 e. The number of hydrogen-bond donors (Lipinski definition) is 2. The molecule has 0 radical (unpaired) electrons. The third-order valence-corrected chi connectivity index (χ3v) is 4.73. The summed E-state index contributed by atoms with van der Waals surface area (Å²) in [5, 5.41) is 6.58. The lowest BCUT2D eigenvalue weighted by atomic mass is 10.2. The third-order valence-electron chi connectivity index (χ3n) is 3.91. The number of amides is 2. The summed E-state index contributed by atoms with van der Waals surface area (Å²) in [6.07, 6.45) is 1.42. The SMILES string of the molecule is O=C(N/N=C/c1ccc(OCc2ccccc2)cc1)C(=O)Nc1cccc(Cl)c1Cl. The molecule has 2 amide bonds. The van der Waals surface area contributed by atoms with Crippen LogP contribution in [0.1, 0.15) is 11.1 Å². The van der Waals surface area contributed by atoms with Gasteiger partial charge in [0.15, 0.2) is 0 Å². The zero-order valence-electron chi connectivity index (χ0n) is 15.6. The van der Waals surface area contributed by atoms with Crippen LogP contribution in [0.3, 0.4) is 0 Å². The number of ether oxygens (including phenoxy) is 1. The number of rotatable bonds is 6. The summed E-state index contributed by atoms with van der Waals surface area (Å²) < 4.78 is 5.71. The number of carbonyl (C=O) groups is 2. The van der Waals surface area contributed by atoms with Crippen molar-refractivity contribution in [1.82, 2.24) is 5.43 Å². The molecular weight excluding hydrogens is 425 g/mol. The molecule has 0 saturated carbocycles. The summed E-state index contributed by atoms with van der Waals surface area (Å²) in [4.78, 5) is 23.8. The third kappa shape index (κ3) is 6.07. The first-order valence-corrected chi connectivity index (χ1v) is 9.64. The molecule has 30 heavy (non-hydrogen) atoms. The van der Waals surface area contributed by atoms with Crippen molar-refractivity contribution in [2.45, 2.75) is 6.61 Å². The molecule has 0 spiro atoms. The Hall–Kier alpha value is -3.35. The number of benzene rings is 3. The topological polar surface area (TPSA) is 79.8 Å². The smallest absolute Gasteiger partial charge is 0.329 e. The molecule has 0 fully saturated rings. The van der Waals surface area contributed by atoms with E-state index in [1.807, 2.05) is 30.3 Å². The molecule has 0 atom stereocenters. The molecule has 8 heteroatoms. The van der Waals surface area contributed by atoms with Gasteiger partial charge < -0.3 is 10.1 Å². The normalized spacial score (nSPS) is 10.6. The fourth-order valence-electron chi connectivity index (χ4n) is 2.39. The first kappa shape index (κ1) is 21.4. The summed E-state index contributed by atoms with van der Waals surface area (Å²) in [7, 11) is 0. The molecule has 6 nitrogen and oxygen atoms in total. The van der Waals surface area contributed by atoms with Crippen LogP contribution in [-0.2, 0) is 16.2 Å². The van der Waals surface area contributed by atoms with Gasteiger partial charge in [0.25, 0.3) is 0 Å². The maximum absolute atomic E-state index is 11.9. The standard InChI is InChI=1S/C22H17Cl2N3O3/c23-18-7-4-8-19(20(18)24)26-21(28)22(29)27-25-13-15-9-11-17(12-10-15)30-14-16-5-2-1-3-6-16/h1-13H,14H2,(H,26,28)(H,27,29)/b25-13+. The number of halogens is 2. The Bertz CT molecular complexity index is 1050. The average molecular weight is 442 g/mol. The van der Waals surface area contributed by atoms with Gasteiger partial charge in [-0.3, -0.25) is 9.59 Å². The van der Waals surface area contributed by atoms with Crippen molar-refractivity contribution in [2.75, 3.05) is 5.32 Å². The van der Waals surface area contributed by atoms with Crippen molar-refractivity contribution in [2.24, 2.45) is 5.10 Å². The summed E-state index contributed by atoms with van der Waals surface area (Å²) in [6, 6.07) is 21.7. The highest BCUT2D eigenvalue weighted by atomic mass is 35.5. The number of hydrogen-bond acceptors (Lipinski definition) is 4. The van der Waals surface area contributed by atoms with Crippen molar-refractivity contribution in [3.63, 3.8) is 0 Å². The predicted octanol–water partition coefficient (Wildman–Crippen LogP) is 4.66. The van der Waals surface area contributed by atoms with Gasteiger partial charge in [-0.25, -0.2) is 5.43 Å². The van der Waals surface area contributed by atoms with Crippen molar-refractivity contribution in [3.05, 3.63) is 94.0 Å². The minimum Gasteiger partial charge on any atom is -0.489 e. The second-order valence-corrected chi connectivity index (χ2v) is 6.88. The number of hydrazone groups is 1. The lowest BCUT2D eigenvalue weighted by Crippen LogP contribution is -2.32. The van der Waals surface area contributed by atoms with Crippen LogP contribution in [0.4, 0.5) is 5.69 Å². The molecule has 3 aromatic rings. The Morgan fingerprint density at radius 1 is 0.900 bits per heavy atom. The minimum absolute atomic E-state index is 0.151. The zero-order valence-corrected chi connectivity index (χ0v) is 17.2. The van der Waals surface area contributed by atoms with E-state index in [1.165, 1.54) is 12.3 Å². The summed E-state index contributed by atoms with van der Waals surface area (Å²) in [5.74, 6) is -1.15. The molecule has 0 aliphatic carbocycles. The first-order chi connectivity index (χ1) is 14.5. The van der Waals surface area contributed by atoms with Crippen LogP contribution >= 0.6 is 23.2 Å². The molecule has 0 aliphatic rings. The van der Waals surface area contributed by atoms with Gasteiger partial charge in [0.1, 0.15) is 12.4 Å². The van der Waals surface area contributed by atoms with Gasteiger partial charge >= 0.3 is 11.8 Å². The lowest BCUT2D eigenvalue weighted by Gasteiger charge is -2.07. The Kier molecular flexibility index (Phi) is 7.43. The molecule has 2 N–H and O–H groups in total. The molecular formula is C22H17Cl2N3O3. The van der Waals surface area contributed by atoms with E-state index in [-0.39, 0.29) is 15.7 Å². The summed E-state index contributed by atoms with van der Waals surface area (Å²) in [6.45, 7) is 0.468. The second-order valence-electron chi connectivity index (χ2n) is 6.10. The van der Waals surface area contributed by atoms with Crippen LogP contribution in [0.25, 0.3) is 0 Å². The Morgan fingerprint density at radius 3 is 2.37 bits per heavy atom. The fourth-order valence-corrected chi connectivity index (χ4v) is 2.73. The Balaban J connectivity index is 1.49. The van der Waals surface area contributed by atoms with Gasteiger partial charge in [0.05, 0.1) is 21.9 Å². The molecule has 0 saturated heterocycles. The molecule has 0 aromatic heterocycles. The average Bonchev–Trinajstić information content (AvgIpc) is 2.77. The van der Waals surface area contributed by atoms with Crippen molar-refractivity contribution in [3.8, 4) is 5.75 Å². The van der Waals surface area contributed by atoms with Gasteiger partial charge in [0, 0.05) is 0 Å². The lowest BCUT2D eigenvalue weighted by molar-refractivity contribution is -0.136. The predicted molar refractivity (Wildman–Crippen MR) is 118 cm³/mol. The van der Waals surface area contributed by atoms with E-state index in [0.29, 0.717) is 12.4 Å². The number of anilines is 1. The molecule has 152 valence electrons. The number of nitrogens with one attached hydrogen (secondary N) is 2. The molecule has 0 aliphatic heterocycles. The molecule has 0 bridgehead atoms. The van der Waals surface area contributed by atoms with E-state index >= 15 is 0 Å². The number of carbonyl (C=O) groups excluding carboxylic acids is 2.